The predicted molar refractivity (Wildman–Crippen MR) is 45.8 cm³/mol. The molecule has 12 heavy (non-hydrogen) atoms. The molecule has 1 rings (SSSR count). The van der Waals surface area contributed by atoms with Crippen molar-refractivity contribution in [1.82, 2.24) is 5.32 Å². The van der Waals surface area contributed by atoms with Gasteiger partial charge in [-0.25, -0.2) is 4.39 Å². The van der Waals surface area contributed by atoms with Crippen molar-refractivity contribution in [2.24, 2.45) is 5.41 Å². The van der Waals surface area contributed by atoms with Gasteiger partial charge in [-0.05, 0) is 5.41 Å². The Labute approximate surface area is 72.5 Å². The fourth-order valence-electron chi connectivity index (χ4n) is 1.18. The van der Waals surface area contributed by atoms with E-state index in [1.807, 2.05) is 20.8 Å². The summed E-state index contributed by atoms with van der Waals surface area (Å²) in [7, 11) is 0. The summed E-state index contributed by atoms with van der Waals surface area (Å²) in [6.07, 6.45) is 0.325. The second kappa shape index (κ2) is 2.80. The number of rotatable bonds is 2. The third kappa shape index (κ3) is 2.03. The fraction of sp³-hybridized carbons (Fsp3) is 0.889. The van der Waals surface area contributed by atoms with Gasteiger partial charge in [-0.3, -0.25) is 4.79 Å². The van der Waals surface area contributed by atoms with E-state index >= 15 is 0 Å². The predicted octanol–water partition coefficient (Wildman–Crippen LogP) is 1.30. The Kier molecular flexibility index (Phi) is 2.25. The Morgan fingerprint density at radius 2 is 2.00 bits per heavy atom. The molecule has 0 unspecified atom stereocenters. The maximum Gasteiger partial charge on any atom is 0.193 e. The lowest BCUT2D eigenvalue weighted by Gasteiger charge is -2.35. The molecule has 0 aromatic heterocycles. The molecule has 1 fully saturated rings. The van der Waals surface area contributed by atoms with E-state index in [4.69, 9.17) is 0 Å². The van der Waals surface area contributed by atoms with Gasteiger partial charge in [0.15, 0.2) is 11.5 Å². The van der Waals surface area contributed by atoms with Crippen LogP contribution >= 0.6 is 0 Å². The minimum absolute atomic E-state index is 0.105. The lowest BCUT2D eigenvalue weighted by Crippen LogP contribution is -2.61. The van der Waals surface area contributed by atoms with Crippen molar-refractivity contribution in [2.45, 2.75) is 32.9 Å². The van der Waals surface area contributed by atoms with E-state index in [2.05, 4.69) is 5.32 Å². The quantitative estimate of drug-likeness (QED) is 0.682. The third-order valence-electron chi connectivity index (χ3n) is 2.00. The zero-order valence-corrected chi connectivity index (χ0v) is 7.91. The van der Waals surface area contributed by atoms with Crippen LogP contribution in [0.1, 0.15) is 27.2 Å². The molecule has 2 nitrogen and oxygen atoms in total. The first-order valence-electron chi connectivity index (χ1n) is 4.26. The molecule has 0 radical (unpaired) electrons. The number of ketones is 1. The van der Waals surface area contributed by atoms with Crippen LogP contribution in [0.4, 0.5) is 4.39 Å². The molecule has 0 spiro atoms. The molecule has 1 heterocycles. The molecular formula is C9H16FNO. The van der Waals surface area contributed by atoms with Gasteiger partial charge in [0.25, 0.3) is 0 Å². The minimum Gasteiger partial charge on any atom is -0.309 e. The maximum atomic E-state index is 13.4. The van der Waals surface area contributed by atoms with Gasteiger partial charge in [-0.15, -0.1) is 0 Å². The second-order valence-corrected chi connectivity index (χ2v) is 4.73. The molecule has 0 amide bonds. The minimum atomic E-state index is -1.56. The van der Waals surface area contributed by atoms with E-state index in [0.29, 0.717) is 6.42 Å². The summed E-state index contributed by atoms with van der Waals surface area (Å²) < 4.78 is 13.4. The molecule has 0 aromatic carbocycles. The molecule has 1 aliphatic rings. The number of alkyl halides is 1. The largest absolute Gasteiger partial charge is 0.309 e. The summed E-state index contributed by atoms with van der Waals surface area (Å²) in [4.78, 5) is 11.3. The van der Waals surface area contributed by atoms with Crippen LogP contribution in [0.25, 0.3) is 0 Å². The number of carbonyl (C=O) groups is 1. The van der Waals surface area contributed by atoms with Crippen LogP contribution in [0.2, 0.25) is 0 Å². The van der Waals surface area contributed by atoms with E-state index in [0.717, 1.165) is 0 Å². The van der Waals surface area contributed by atoms with Crippen molar-refractivity contribution in [3.8, 4) is 0 Å². The van der Waals surface area contributed by atoms with Gasteiger partial charge in [0.05, 0.1) is 0 Å². The van der Waals surface area contributed by atoms with E-state index in [9.17, 15) is 9.18 Å². The van der Waals surface area contributed by atoms with Gasteiger partial charge in [0.2, 0.25) is 0 Å². The third-order valence-corrected chi connectivity index (χ3v) is 2.00. The molecule has 1 aliphatic heterocycles. The summed E-state index contributed by atoms with van der Waals surface area (Å²) in [6, 6.07) is 0. The standard InChI is InChI=1S/C9H16FNO/c1-8(2,3)4-7(12)9(10)5-11-6-9/h11H,4-6H2,1-3H3. The van der Waals surface area contributed by atoms with Crippen LogP contribution in [-0.2, 0) is 4.79 Å². The van der Waals surface area contributed by atoms with Crippen LogP contribution in [-0.4, -0.2) is 24.5 Å². The Hall–Kier alpha value is -0.440. The van der Waals surface area contributed by atoms with Crippen LogP contribution in [0.15, 0.2) is 0 Å². The molecule has 1 saturated heterocycles. The summed E-state index contributed by atoms with van der Waals surface area (Å²) in [6.45, 7) is 6.23. The van der Waals surface area contributed by atoms with E-state index in [-0.39, 0.29) is 24.3 Å². The normalized spacial score (nSPS) is 21.7. The number of carbonyl (C=O) groups excluding carboxylic acids is 1. The highest BCUT2D eigenvalue weighted by Crippen LogP contribution is 2.27. The van der Waals surface area contributed by atoms with Crippen molar-refractivity contribution in [2.75, 3.05) is 13.1 Å². The topological polar surface area (TPSA) is 29.1 Å². The molecule has 0 saturated carbocycles. The summed E-state index contributed by atoms with van der Waals surface area (Å²) >= 11 is 0. The summed E-state index contributed by atoms with van der Waals surface area (Å²) in [5.41, 5.74) is -1.67. The van der Waals surface area contributed by atoms with Gasteiger partial charge in [-0.2, -0.15) is 0 Å². The first kappa shape index (κ1) is 9.65. The summed E-state index contributed by atoms with van der Waals surface area (Å²) in [5.74, 6) is -0.256. The highest BCUT2D eigenvalue weighted by molar-refractivity contribution is 5.89. The number of hydrogen-bond donors (Lipinski definition) is 1. The highest BCUT2D eigenvalue weighted by atomic mass is 19.1. The monoisotopic (exact) mass is 173 g/mol. The van der Waals surface area contributed by atoms with Crippen molar-refractivity contribution in [1.29, 1.82) is 0 Å². The van der Waals surface area contributed by atoms with E-state index in [1.165, 1.54) is 0 Å². The number of Topliss-reactive ketones (excluding diaryl/α,β-unsaturated/α-hetero) is 1. The smallest absolute Gasteiger partial charge is 0.193 e. The number of hydrogen-bond acceptors (Lipinski definition) is 2. The highest BCUT2D eigenvalue weighted by Gasteiger charge is 2.45. The Morgan fingerprint density at radius 1 is 1.50 bits per heavy atom. The molecule has 3 heteroatoms. The van der Waals surface area contributed by atoms with Gasteiger partial charge >= 0.3 is 0 Å². The lowest BCUT2D eigenvalue weighted by atomic mass is 9.82. The van der Waals surface area contributed by atoms with Crippen molar-refractivity contribution < 1.29 is 9.18 Å². The first-order chi connectivity index (χ1) is 5.33. The molecule has 0 atom stereocenters. The van der Waals surface area contributed by atoms with E-state index in [1.54, 1.807) is 0 Å². The molecule has 0 aliphatic carbocycles. The van der Waals surface area contributed by atoms with Crippen LogP contribution in [0.5, 0.6) is 0 Å². The second-order valence-electron chi connectivity index (χ2n) is 4.73. The Morgan fingerprint density at radius 3 is 2.25 bits per heavy atom. The van der Waals surface area contributed by atoms with Crippen LogP contribution in [0.3, 0.4) is 0 Å². The Balaban J connectivity index is 2.49. The number of halogens is 1. The number of nitrogens with one attached hydrogen (secondary N) is 1. The van der Waals surface area contributed by atoms with Gasteiger partial charge in [0.1, 0.15) is 0 Å². The zero-order valence-electron chi connectivity index (χ0n) is 7.91. The van der Waals surface area contributed by atoms with Gasteiger partial charge < -0.3 is 5.32 Å². The first-order valence-corrected chi connectivity index (χ1v) is 4.26. The molecule has 70 valence electrons. The van der Waals surface area contributed by atoms with Crippen LogP contribution < -0.4 is 5.32 Å². The van der Waals surface area contributed by atoms with Crippen molar-refractivity contribution in [3.63, 3.8) is 0 Å². The SMILES string of the molecule is CC(C)(C)CC(=O)C1(F)CNC1. The van der Waals surface area contributed by atoms with Crippen LogP contribution in [0, 0.1) is 5.41 Å². The zero-order chi connectivity index (χ0) is 9.41. The lowest BCUT2D eigenvalue weighted by molar-refractivity contribution is -0.135. The van der Waals surface area contributed by atoms with E-state index < -0.39 is 5.67 Å². The van der Waals surface area contributed by atoms with Crippen molar-refractivity contribution in [3.05, 3.63) is 0 Å². The molecule has 1 N–H and O–H groups in total. The summed E-state index contributed by atoms with van der Waals surface area (Å²) in [5, 5.41) is 2.77. The maximum absolute atomic E-state index is 13.4. The molecule has 0 aromatic rings. The Bertz CT molecular complexity index is 191. The average Bonchev–Trinajstić information content (AvgIpc) is 1.78. The molecule has 0 bridgehead atoms. The average molecular weight is 173 g/mol. The van der Waals surface area contributed by atoms with Gasteiger partial charge in [0, 0.05) is 19.5 Å². The van der Waals surface area contributed by atoms with Crippen molar-refractivity contribution >= 4 is 5.78 Å². The molecular weight excluding hydrogens is 157 g/mol. The fourth-order valence-corrected chi connectivity index (χ4v) is 1.18. The van der Waals surface area contributed by atoms with Gasteiger partial charge in [-0.1, -0.05) is 20.8 Å².